The van der Waals surface area contributed by atoms with Crippen LogP contribution in [0.4, 0.5) is 0 Å². The molecule has 44 valence electrons. The molecule has 0 saturated heterocycles. The Morgan fingerprint density at radius 1 is 1.88 bits per heavy atom. The average molecular weight is 129 g/mol. The molecule has 0 aliphatic carbocycles. The highest BCUT2D eigenvalue weighted by atomic mass is 32.1. The Balaban J connectivity index is 2.84. The van der Waals surface area contributed by atoms with Gasteiger partial charge in [-0.15, -0.1) is 0 Å². The maximum atomic E-state index is 3.99. The molecule has 0 spiro atoms. The summed E-state index contributed by atoms with van der Waals surface area (Å²) in [5.74, 6) is 1.39. The molecule has 1 aromatic rings. The smallest absolute Gasteiger partial charge is 0.160 e. The van der Waals surface area contributed by atoms with E-state index in [0.717, 1.165) is 5.82 Å². The first-order valence-electron chi connectivity index (χ1n) is 2.28. The third-order valence-electron chi connectivity index (χ3n) is 0.788. The molecule has 0 N–H and O–H groups in total. The van der Waals surface area contributed by atoms with Crippen LogP contribution in [0.3, 0.4) is 0 Å². The first-order valence-corrected chi connectivity index (χ1v) is 2.91. The van der Waals surface area contributed by atoms with E-state index in [9.17, 15) is 0 Å². The van der Waals surface area contributed by atoms with Crippen LogP contribution >= 0.6 is 12.6 Å². The Labute approximate surface area is 53.1 Å². The van der Waals surface area contributed by atoms with Gasteiger partial charge in [0.25, 0.3) is 0 Å². The zero-order valence-electron chi connectivity index (χ0n) is 4.57. The molecular weight excluding hydrogens is 122 g/mol. The van der Waals surface area contributed by atoms with E-state index in [4.69, 9.17) is 0 Å². The van der Waals surface area contributed by atoms with Crippen LogP contribution in [0.5, 0.6) is 0 Å². The van der Waals surface area contributed by atoms with Crippen LogP contribution in [0.2, 0.25) is 0 Å². The van der Waals surface area contributed by atoms with Crippen molar-refractivity contribution in [3.63, 3.8) is 0 Å². The van der Waals surface area contributed by atoms with Crippen LogP contribution in [-0.4, -0.2) is 14.8 Å². The first kappa shape index (κ1) is 5.62. The second-order valence-electron chi connectivity index (χ2n) is 1.49. The van der Waals surface area contributed by atoms with Crippen molar-refractivity contribution in [1.82, 2.24) is 14.8 Å². The van der Waals surface area contributed by atoms with E-state index >= 15 is 0 Å². The number of rotatable bonds is 1. The minimum absolute atomic E-state index is 0.612. The summed E-state index contributed by atoms with van der Waals surface area (Å²) in [7, 11) is 1.83. The first-order chi connectivity index (χ1) is 3.83. The van der Waals surface area contributed by atoms with Gasteiger partial charge in [-0.3, -0.25) is 4.68 Å². The average Bonchev–Trinajstić information content (AvgIpc) is 2.14. The molecule has 0 saturated carbocycles. The standard InChI is InChI=1S/C4H7N3S/c1-7-3-5-4(2-8)6-7/h3,8H,2H2,1H3. The van der Waals surface area contributed by atoms with E-state index in [2.05, 4.69) is 22.7 Å². The second-order valence-corrected chi connectivity index (χ2v) is 1.81. The van der Waals surface area contributed by atoms with Gasteiger partial charge in [0.1, 0.15) is 6.33 Å². The van der Waals surface area contributed by atoms with Gasteiger partial charge in [0.2, 0.25) is 0 Å². The Hall–Kier alpha value is -0.510. The van der Waals surface area contributed by atoms with Crippen LogP contribution in [-0.2, 0) is 12.8 Å². The fraction of sp³-hybridized carbons (Fsp3) is 0.500. The zero-order chi connectivity index (χ0) is 5.98. The minimum Gasteiger partial charge on any atom is -0.256 e. The van der Waals surface area contributed by atoms with E-state index in [1.54, 1.807) is 11.0 Å². The Kier molecular flexibility index (Phi) is 1.53. The Morgan fingerprint density at radius 2 is 2.62 bits per heavy atom. The molecule has 0 amide bonds. The summed E-state index contributed by atoms with van der Waals surface area (Å²) in [6.07, 6.45) is 1.66. The van der Waals surface area contributed by atoms with Crippen molar-refractivity contribution < 1.29 is 0 Å². The lowest BCUT2D eigenvalue weighted by atomic mass is 10.7. The molecular formula is C4H7N3S. The van der Waals surface area contributed by atoms with Crippen molar-refractivity contribution in [2.45, 2.75) is 5.75 Å². The molecule has 0 atom stereocenters. The normalized spacial score (nSPS) is 9.75. The molecule has 4 heteroatoms. The van der Waals surface area contributed by atoms with E-state index < -0.39 is 0 Å². The highest BCUT2D eigenvalue weighted by Crippen LogP contribution is 1.90. The van der Waals surface area contributed by atoms with Crippen LogP contribution in [0, 0.1) is 0 Å². The molecule has 1 heterocycles. The van der Waals surface area contributed by atoms with Gasteiger partial charge < -0.3 is 0 Å². The predicted molar refractivity (Wildman–Crippen MR) is 33.7 cm³/mol. The van der Waals surface area contributed by atoms with Gasteiger partial charge in [0.05, 0.1) is 5.75 Å². The molecule has 0 aliphatic rings. The van der Waals surface area contributed by atoms with E-state index in [1.165, 1.54) is 0 Å². The van der Waals surface area contributed by atoms with Gasteiger partial charge >= 0.3 is 0 Å². The molecule has 1 aromatic heterocycles. The quantitative estimate of drug-likeness (QED) is 0.551. The summed E-state index contributed by atoms with van der Waals surface area (Å²) < 4.78 is 1.66. The van der Waals surface area contributed by atoms with Gasteiger partial charge in [-0.2, -0.15) is 17.7 Å². The largest absolute Gasteiger partial charge is 0.256 e. The zero-order valence-corrected chi connectivity index (χ0v) is 5.47. The predicted octanol–water partition coefficient (Wildman–Crippen LogP) is 0.245. The van der Waals surface area contributed by atoms with E-state index in [1.807, 2.05) is 7.05 Å². The summed E-state index contributed by atoms with van der Waals surface area (Å²) in [5.41, 5.74) is 0. The second kappa shape index (κ2) is 2.17. The highest BCUT2D eigenvalue weighted by molar-refractivity contribution is 7.79. The minimum atomic E-state index is 0.612. The lowest BCUT2D eigenvalue weighted by molar-refractivity contribution is 0.754. The number of aromatic nitrogens is 3. The molecule has 8 heavy (non-hydrogen) atoms. The van der Waals surface area contributed by atoms with Crippen molar-refractivity contribution in [2.75, 3.05) is 0 Å². The molecule has 0 aliphatic heterocycles. The van der Waals surface area contributed by atoms with E-state index in [0.29, 0.717) is 5.75 Å². The molecule has 0 unspecified atom stereocenters. The Bertz CT molecular complexity index is 172. The Morgan fingerprint density at radius 3 is 2.88 bits per heavy atom. The molecule has 0 fully saturated rings. The molecule has 0 bridgehead atoms. The van der Waals surface area contributed by atoms with Crippen LogP contribution in [0.15, 0.2) is 6.33 Å². The number of thiol groups is 1. The van der Waals surface area contributed by atoms with E-state index in [-0.39, 0.29) is 0 Å². The molecule has 3 nitrogen and oxygen atoms in total. The third-order valence-corrected chi connectivity index (χ3v) is 1.07. The van der Waals surface area contributed by atoms with Gasteiger partial charge in [-0.25, -0.2) is 4.98 Å². The highest BCUT2D eigenvalue weighted by Gasteiger charge is 1.90. The van der Waals surface area contributed by atoms with Crippen molar-refractivity contribution in [1.29, 1.82) is 0 Å². The summed E-state index contributed by atoms with van der Waals surface area (Å²) in [4.78, 5) is 3.91. The van der Waals surface area contributed by atoms with Crippen molar-refractivity contribution in [3.05, 3.63) is 12.2 Å². The van der Waals surface area contributed by atoms with Gasteiger partial charge in [-0.1, -0.05) is 0 Å². The van der Waals surface area contributed by atoms with Crippen molar-refractivity contribution in [2.24, 2.45) is 7.05 Å². The lowest BCUT2D eigenvalue weighted by Crippen LogP contribution is -1.88. The van der Waals surface area contributed by atoms with Gasteiger partial charge in [-0.05, 0) is 0 Å². The van der Waals surface area contributed by atoms with Crippen LogP contribution in [0.25, 0.3) is 0 Å². The molecule has 0 aromatic carbocycles. The number of aryl methyl sites for hydroxylation is 1. The van der Waals surface area contributed by atoms with Crippen molar-refractivity contribution in [3.8, 4) is 0 Å². The topological polar surface area (TPSA) is 30.7 Å². The third kappa shape index (κ3) is 1.01. The lowest BCUT2D eigenvalue weighted by Gasteiger charge is -1.80. The number of hydrogen-bond acceptors (Lipinski definition) is 3. The van der Waals surface area contributed by atoms with Crippen molar-refractivity contribution >= 4 is 12.6 Å². The SMILES string of the molecule is Cn1cnc(CS)n1. The summed E-state index contributed by atoms with van der Waals surface area (Å²) in [5, 5.41) is 3.96. The maximum absolute atomic E-state index is 3.99. The molecule has 0 radical (unpaired) electrons. The fourth-order valence-corrected chi connectivity index (χ4v) is 0.601. The maximum Gasteiger partial charge on any atom is 0.160 e. The van der Waals surface area contributed by atoms with Gasteiger partial charge in [0, 0.05) is 7.05 Å². The summed E-state index contributed by atoms with van der Waals surface area (Å²) >= 11 is 3.99. The monoisotopic (exact) mass is 129 g/mol. The summed E-state index contributed by atoms with van der Waals surface area (Å²) in [6.45, 7) is 0. The van der Waals surface area contributed by atoms with Crippen LogP contribution in [0.1, 0.15) is 5.82 Å². The number of hydrogen-bond donors (Lipinski definition) is 1. The molecule has 1 rings (SSSR count). The van der Waals surface area contributed by atoms with Crippen LogP contribution < -0.4 is 0 Å². The fourth-order valence-electron chi connectivity index (χ4n) is 0.456. The van der Waals surface area contributed by atoms with Gasteiger partial charge in [0.15, 0.2) is 5.82 Å². The summed E-state index contributed by atoms with van der Waals surface area (Å²) in [6, 6.07) is 0. The number of nitrogens with zero attached hydrogens (tertiary/aromatic N) is 3.